The minimum Gasteiger partial charge on any atom is -0.377 e. The number of rotatable bonds is 1. The first kappa shape index (κ1) is 10.9. The van der Waals surface area contributed by atoms with Crippen molar-refractivity contribution in [2.24, 2.45) is 0 Å². The molecule has 2 rings (SSSR count). The van der Waals surface area contributed by atoms with E-state index in [2.05, 4.69) is 0 Å². The lowest BCUT2D eigenvalue weighted by atomic mass is 9.96. The van der Waals surface area contributed by atoms with Gasteiger partial charge in [-0.25, -0.2) is 0 Å². The summed E-state index contributed by atoms with van der Waals surface area (Å²) >= 11 is 0. The molecule has 0 saturated carbocycles. The van der Waals surface area contributed by atoms with Gasteiger partial charge in [-0.1, -0.05) is 0 Å². The molecule has 0 aromatic carbocycles. The molecule has 0 spiro atoms. The van der Waals surface area contributed by atoms with Gasteiger partial charge in [-0.2, -0.15) is 0 Å². The van der Waals surface area contributed by atoms with Crippen LogP contribution in [0.1, 0.15) is 41.4 Å². The third-order valence-electron chi connectivity index (χ3n) is 4.06. The van der Waals surface area contributed by atoms with Gasteiger partial charge < -0.3 is 9.47 Å². The smallest absolute Gasteiger partial charge is 0.377 e. The van der Waals surface area contributed by atoms with Crippen LogP contribution in [-0.2, 0) is 9.47 Å². The molecule has 2 nitrogen and oxygen atoms in total. The number of hydrogen-bond acceptors (Lipinski definition) is 2. The fourth-order valence-corrected chi connectivity index (χ4v) is 4.61. The molecule has 0 N–H and O–H groups in total. The standard InChI is InChI=1S/C10H22O2Si2/c13-9(5-1-3-7-11-9)10(14)6-2-4-8-12-10/h1-8H2,13-14H3/p+2. The van der Waals surface area contributed by atoms with Crippen molar-refractivity contribution in [1.29, 1.82) is 0 Å². The molecular weight excluding hydrogens is 208 g/mol. The van der Waals surface area contributed by atoms with E-state index < -0.39 is 0 Å². The van der Waals surface area contributed by atoms with E-state index in [1.54, 1.807) is 0 Å². The molecule has 2 fully saturated rings. The van der Waals surface area contributed by atoms with E-state index >= 15 is 0 Å². The second-order valence-corrected chi connectivity index (χ2v) is 8.30. The van der Waals surface area contributed by atoms with Gasteiger partial charge in [0.15, 0.2) is 0 Å². The first-order valence-corrected chi connectivity index (χ1v) is 7.94. The molecule has 2 atom stereocenters. The van der Waals surface area contributed by atoms with E-state index in [1.165, 1.54) is 38.5 Å². The number of ether oxygens (including phenoxy) is 2. The molecule has 0 aromatic rings. The van der Waals surface area contributed by atoms with E-state index in [4.69, 9.17) is 9.47 Å². The summed E-state index contributed by atoms with van der Waals surface area (Å²) in [5, 5.41) is 0.329. The van der Waals surface area contributed by atoms with Crippen LogP contribution in [0, 0.1) is 0 Å². The van der Waals surface area contributed by atoms with Crippen LogP contribution in [0.3, 0.4) is 0 Å². The van der Waals surface area contributed by atoms with Crippen LogP contribution in [0.15, 0.2) is 0 Å². The average Bonchev–Trinajstić information content (AvgIpc) is 2.20. The predicted octanol–water partition coefficient (Wildman–Crippen LogP) is -0.264. The van der Waals surface area contributed by atoms with Crippen molar-refractivity contribution in [3.8, 4) is 0 Å². The summed E-state index contributed by atoms with van der Waals surface area (Å²) in [4.78, 5) is 0. The Kier molecular flexibility index (Phi) is 3.16. The lowest BCUT2D eigenvalue weighted by Gasteiger charge is -2.50. The quantitative estimate of drug-likeness (QED) is 0.580. The van der Waals surface area contributed by atoms with Gasteiger partial charge >= 0.3 is 2.85 Å². The molecule has 0 amide bonds. The average molecular weight is 232 g/mol. The zero-order valence-corrected chi connectivity index (χ0v) is 13.5. The van der Waals surface area contributed by atoms with Crippen LogP contribution in [-0.4, -0.2) is 44.1 Å². The zero-order valence-electron chi connectivity index (χ0n) is 11.5. The van der Waals surface area contributed by atoms with Gasteiger partial charge in [-0.15, -0.1) is 0 Å². The van der Waals surface area contributed by atoms with Crippen LogP contribution in [0.25, 0.3) is 0 Å². The lowest BCUT2D eigenvalue weighted by molar-refractivity contribution is -0.157. The summed E-state index contributed by atoms with van der Waals surface area (Å²) in [6.45, 7) is 1.94. The maximum absolute atomic E-state index is 6.08. The highest BCUT2D eigenvalue weighted by atomic mass is 28.2. The first-order chi connectivity index (χ1) is 6.66. The van der Waals surface area contributed by atoms with Gasteiger partial charge in [-0.3, -0.25) is 0 Å². The normalized spacial score (nSPS) is 45.4. The Balaban J connectivity index is 0.00000112. The Hall–Kier alpha value is 0.354. The van der Waals surface area contributed by atoms with Crippen molar-refractivity contribution in [2.75, 3.05) is 13.2 Å². The Bertz CT molecular complexity index is 183. The van der Waals surface area contributed by atoms with Crippen molar-refractivity contribution < 1.29 is 12.3 Å². The maximum atomic E-state index is 6.08. The molecule has 4 heteroatoms. The molecule has 0 aliphatic carbocycles. The van der Waals surface area contributed by atoms with Gasteiger partial charge in [0.05, 0.1) is 10.4 Å². The fraction of sp³-hybridized carbons (Fsp3) is 1.00. The predicted molar refractivity (Wildman–Crippen MR) is 67.2 cm³/mol. The SMILES string of the molecule is [H+].[H+].[SiH3]C1(C2([SiH3])CCCCO2)CCCCO1. The van der Waals surface area contributed by atoms with Crippen LogP contribution in [0.2, 0.25) is 0 Å². The topological polar surface area (TPSA) is 18.5 Å². The monoisotopic (exact) mass is 232 g/mol. The van der Waals surface area contributed by atoms with Crippen molar-refractivity contribution in [2.45, 2.75) is 49.0 Å². The van der Waals surface area contributed by atoms with E-state index in [-0.39, 0.29) is 13.3 Å². The Morgan fingerprint density at radius 1 is 0.786 bits per heavy atom. The number of hydrogen-bond donors (Lipinski definition) is 0. The summed E-state index contributed by atoms with van der Waals surface area (Å²) in [5.74, 6) is 0. The molecule has 2 aliphatic heterocycles. The van der Waals surface area contributed by atoms with Gasteiger partial charge in [-0.05, 0) is 38.5 Å². The van der Waals surface area contributed by atoms with E-state index in [1.807, 2.05) is 0 Å². The molecule has 2 aliphatic rings. The van der Waals surface area contributed by atoms with Crippen molar-refractivity contribution in [3.05, 3.63) is 0 Å². The Morgan fingerprint density at radius 3 is 1.50 bits per heavy atom. The van der Waals surface area contributed by atoms with Crippen LogP contribution in [0.4, 0.5) is 0 Å². The molecule has 14 heavy (non-hydrogen) atoms. The second-order valence-electron chi connectivity index (χ2n) is 5.07. The van der Waals surface area contributed by atoms with Gasteiger partial charge in [0.25, 0.3) is 0 Å². The maximum Gasteiger partial charge on any atom is 1.00 e. The summed E-state index contributed by atoms with van der Waals surface area (Å²) in [6, 6.07) is 0. The molecule has 2 unspecified atom stereocenters. The van der Waals surface area contributed by atoms with E-state index in [0.717, 1.165) is 33.7 Å². The van der Waals surface area contributed by atoms with Crippen molar-refractivity contribution in [3.63, 3.8) is 0 Å². The van der Waals surface area contributed by atoms with Crippen LogP contribution < -0.4 is 0 Å². The second kappa shape index (κ2) is 4.08. The molecule has 2 heterocycles. The zero-order chi connectivity index (χ0) is 10.1. The van der Waals surface area contributed by atoms with E-state index in [0.29, 0.717) is 0 Å². The first-order valence-electron chi connectivity index (χ1n) is 5.94. The highest BCUT2D eigenvalue weighted by molar-refractivity contribution is 6.25. The molecule has 82 valence electrons. The molecule has 0 radical (unpaired) electrons. The van der Waals surface area contributed by atoms with E-state index in [9.17, 15) is 0 Å². The third kappa shape index (κ3) is 1.85. The molecule has 2 saturated heterocycles. The Labute approximate surface area is 95.6 Å². The Morgan fingerprint density at radius 2 is 1.21 bits per heavy atom. The largest absolute Gasteiger partial charge is 1.00 e. The van der Waals surface area contributed by atoms with Crippen molar-refractivity contribution >= 4 is 20.5 Å². The van der Waals surface area contributed by atoms with Gasteiger partial charge in [0.2, 0.25) is 0 Å². The van der Waals surface area contributed by atoms with Crippen LogP contribution in [0.5, 0.6) is 0 Å². The van der Waals surface area contributed by atoms with Crippen LogP contribution >= 0.6 is 0 Å². The lowest BCUT2D eigenvalue weighted by Crippen LogP contribution is -2.61. The van der Waals surface area contributed by atoms with Gasteiger partial charge in [0.1, 0.15) is 0 Å². The minimum atomic E-state index is 0. The molecule has 0 bridgehead atoms. The van der Waals surface area contributed by atoms with Crippen molar-refractivity contribution in [1.82, 2.24) is 0 Å². The highest BCUT2D eigenvalue weighted by Crippen LogP contribution is 2.38. The highest BCUT2D eigenvalue weighted by Gasteiger charge is 2.47. The fourth-order valence-electron chi connectivity index (χ4n) is 2.70. The summed E-state index contributed by atoms with van der Waals surface area (Å²) in [5.41, 5.74) is 0. The minimum absolute atomic E-state index is 0. The summed E-state index contributed by atoms with van der Waals surface area (Å²) in [6.07, 6.45) is 7.70. The summed E-state index contributed by atoms with van der Waals surface area (Å²) in [7, 11) is 2.27. The molecule has 0 aromatic heterocycles. The summed E-state index contributed by atoms with van der Waals surface area (Å²) < 4.78 is 12.2. The third-order valence-corrected chi connectivity index (χ3v) is 8.75. The van der Waals surface area contributed by atoms with Gasteiger partial charge in [0, 0.05) is 33.7 Å². The molecular formula is C10H24O2Si2+2.